The van der Waals surface area contributed by atoms with Crippen LogP contribution in [0.1, 0.15) is 0 Å². The molecular weight excluding hydrogens is 97.1 g/mol. The van der Waals surface area contributed by atoms with Crippen molar-refractivity contribution >= 4 is 12.1 Å². The maximum atomic E-state index is 11.7. The minimum Gasteiger partial charge on any atom is -0.385 e. The van der Waals surface area contributed by atoms with Crippen molar-refractivity contribution in [3.63, 3.8) is 0 Å². The van der Waals surface area contributed by atoms with E-state index in [9.17, 15) is 4.39 Å². The number of amidine groups is 1. The Hall–Kier alpha value is -0.930. The van der Waals surface area contributed by atoms with Crippen LogP contribution < -0.4 is 5.73 Å². The fourth-order valence-electron chi connectivity index (χ4n) is 0.0898. The molecule has 1 atom stereocenters. The summed E-state index contributed by atoms with van der Waals surface area (Å²) in [5, 5.41) is 12.6. The van der Waals surface area contributed by atoms with Crippen molar-refractivity contribution in [1.82, 2.24) is 0 Å². The fourth-order valence-corrected chi connectivity index (χ4v) is 0.0898. The summed E-state index contributed by atoms with van der Waals surface area (Å²) < 4.78 is 11.7. The van der Waals surface area contributed by atoms with E-state index >= 15 is 0 Å². The number of nitrogens with one attached hydrogen (secondary N) is 2. The molecular formula is C3H6FN3. The van der Waals surface area contributed by atoms with Gasteiger partial charge in [-0.1, -0.05) is 0 Å². The van der Waals surface area contributed by atoms with Crippen LogP contribution in [-0.2, 0) is 0 Å². The standard InChI is InChI=1S/C3H6FN3/c4-2(1-5)3(6)7/h1-2,5H,(H3,6,7). The smallest absolute Gasteiger partial charge is 0.191 e. The first-order valence-corrected chi connectivity index (χ1v) is 1.67. The minimum absolute atomic E-state index is 0.475. The zero-order valence-electron chi connectivity index (χ0n) is 3.61. The van der Waals surface area contributed by atoms with E-state index in [1.54, 1.807) is 0 Å². The van der Waals surface area contributed by atoms with Crippen molar-refractivity contribution in [2.24, 2.45) is 5.73 Å². The lowest BCUT2D eigenvalue weighted by atomic mass is 10.4. The summed E-state index contributed by atoms with van der Waals surface area (Å²) in [6.07, 6.45) is -1.22. The number of hydrogen-bond acceptors (Lipinski definition) is 2. The number of hydrogen-bond donors (Lipinski definition) is 3. The molecule has 0 aromatic heterocycles. The van der Waals surface area contributed by atoms with E-state index in [1.165, 1.54) is 0 Å². The molecule has 0 saturated carbocycles. The van der Waals surface area contributed by atoms with Gasteiger partial charge in [-0.2, -0.15) is 0 Å². The molecule has 7 heavy (non-hydrogen) atoms. The summed E-state index contributed by atoms with van der Waals surface area (Å²) in [5.74, 6) is -0.616. The summed E-state index contributed by atoms with van der Waals surface area (Å²) in [4.78, 5) is 0. The van der Waals surface area contributed by atoms with Crippen LogP contribution >= 0.6 is 0 Å². The minimum atomic E-state index is -1.69. The van der Waals surface area contributed by atoms with E-state index in [2.05, 4.69) is 5.73 Å². The monoisotopic (exact) mass is 103 g/mol. The van der Waals surface area contributed by atoms with Crippen LogP contribution in [0.3, 0.4) is 0 Å². The lowest BCUT2D eigenvalue weighted by Gasteiger charge is -1.92. The molecule has 0 bridgehead atoms. The van der Waals surface area contributed by atoms with Crippen LogP contribution in [-0.4, -0.2) is 18.2 Å². The van der Waals surface area contributed by atoms with Gasteiger partial charge in [-0.3, -0.25) is 5.41 Å². The zero-order chi connectivity index (χ0) is 5.86. The van der Waals surface area contributed by atoms with Gasteiger partial charge in [0, 0.05) is 6.21 Å². The van der Waals surface area contributed by atoms with E-state index in [0.717, 1.165) is 0 Å². The maximum absolute atomic E-state index is 11.7. The average molecular weight is 103 g/mol. The van der Waals surface area contributed by atoms with Gasteiger partial charge in [-0.05, 0) is 0 Å². The van der Waals surface area contributed by atoms with Gasteiger partial charge in [0.1, 0.15) is 5.84 Å². The van der Waals surface area contributed by atoms with Gasteiger partial charge >= 0.3 is 0 Å². The molecule has 0 radical (unpaired) electrons. The molecule has 0 heterocycles. The molecule has 4 heteroatoms. The Morgan fingerprint density at radius 3 is 2.29 bits per heavy atom. The average Bonchev–Trinajstić information content (AvgIpc) is 1.65. The second kappa shape index (κ2) is 2.28. The first kappa shape index (κ1) is 6.07. The molecule has 3 nitrogen and oxygen atoms in total. The number of alkyl halides is 1. The van der Waals surface area contributed by atoms with Gasteiger partial charge in [0.15, 0.2) is 6.17 Å². The molecule has 0 aliphatic heterocycles. The van der Waals surface area contributed by atoms with Gasteiger partial charge in [0.05, 0.1) is 0 Å². The molecule has 0 aliphatic carbocycles. The van der Waals surface area contributed by atoms with Gasteiger partial charge in [0.2, 0.25) is 0 Å². The van der Waals surface area contributed by atoms with E-state index in [-0.39, 0.29) is 0 Å². The van der Waals surface area contributed by atoms with Crippen LogP contribution in [0.25, 0.3) is 0 Å². The van der Waals surface area contributed by atoms with Crippen molar-refractivity contribution in [2.45, 2.75) is 6.17 Å². The second-order valence-electron chi connectivity index (χ2n) is 1.02. The van der Waals surface area contributed by atoms with Crippen LogP contribution in [0.5, 0.6) is 0 Å². The third-order valence-electron chi connectivity index (χ3n) is 0.443. The number of halogens is 1. The van der Waals surface area contributed by atoms with Crippen LogP contribution in [0.4, 0.5) is 4.39 Å². The first-order chi connectivity index (χ1) is 3.18. The number of nitrogens with two attached hydrogens (primary N) is 1. The Labute approximate surface area is 40.3 Å². The van der Waals surface area contributed by atoms with Gasteiger partial charge in [0.25, 0.3) is 0 Å². The summed E-state index contributed by atoms with van der Waals surface area (Å²) >= 11 is 0. The van der Waals surface area contributed by atoms with Crippen LogP contribution in [0.2, 0.25) is 0 Å². The van der Waals surface area contributed by atoms with E-state index in [0.29, 0.717) is 6.21 Å². The molecule has 0 amide bonds. The SMILES string of the molecule is N=CC(F)C(=N)N. The predicted molar refractivity (Wildman–Crippen MR) is 25.6 cm³/mol. The van der Waals surface area contributed by atoms with Crippen molar-refractivity contribution in [3.8, 4) is 0 Å². The quantitative estimate of drug-likeness (QED) is 0.331. The third kappa shape index (κ3) is 1.86. The molecule has 0 aromatic rings. The summed E-state index contributed by atoms with van der Waals surface area (Å²) in [6, 6.07) is 0. The Morgan fingerprint density at radius 1 is 1.86 bits per heavy atom. The van der Waals surface area contributed by atoms with Crippen molar-refractivity contribution < 1.29 is 4.39 Å². The molecule has 40 valence electrons. The number of rotatable bonds is 2. The molecule has 0 rings (SSSR count). The van der Waals surface area contributed by atoms with Gasteiger partial charge in [-0.25, -0.2) is 4.39 Å². The Bertz CT molecular complexity index is 90.2. The highest BCUT2D eigenvalue weighted by molar-refractivity contribution is 5.95. The largest absolute Gasteiger partial charge is 0.385 e. The predicted octanol–water partition coefficient (Wildman–Crippen LogP) is -0.0900. The second-order valence-corrected chi connectivity index (χ2v) is 1.02. The topological polar surface area (TPSA) is 73.7 Å². The zero-order valence-corrected chi connectivity index (χ0v) is 3.61. The molecule has 1 unspecified atom stereocenters. The maximum Gasteiger partial charge on any atom is 0.191 e. The molecule has 0 fully saturated rings. The normalized spacial score (nSPS) is 12.7. The highest BCUT2D eigenvalue weighted by Crippen LogP contribution is 1.79. The van der Waals surface area contributed by atoms with Crippen molar-refractivity contribution in [3.05, 3.63) is 0 Å². The summed E-state index contributed by atoms with van der Waals surface area (Å²) in [6.45, 7) is 0. The first-order valence-electron chi connectivity index (χ1n) is 1.67. The fraction of sp³-hybridized carbons (Fsp3) is 0.333. The summed E-state index contributed by atoms with van der Waals surface area (Å²) in [7, 11) is 0. The van der Waals surface area contributed by atoms with Gasteiger partial charge < -0.3 is 11.1 Å². The van der Waals surface area contributed by atoms with Gasteiger partial charge in [-0.15, -0.1) is 0 Å². The molecule has 0 aliphatic rings. The van der Waals surface area contributed by atoms with Crippen LogP contribution in [0, 0.1) is 10.8 Å². The van der Waals surface area contributed by atoms with Crippen molar-refractivity contribution in [2.75, 3.05) is 0 Å². The lowest BCUT2D eigenvalue weighted by molar-refractivity contribution is 0.515. The molecule has 0 spiro atoms. The Kier molecular flexibility index (Phi) is 1.98. The highest BCUT2D eigenvalue weighted by Gasteiger charge is 2.01. The van der Waals surface area contributed by atoms with E-state index in [4.69, 9.17) is 10.8 Å². The summed E-state index contributed by atoms with van der Waals surface area (Å²) in [5.41, 5.74) is 4.60. The van der Waals surface area contributed by atoms with E-state index in [1.807, 2.05) is 0 Å². The third-order valence-corrected chi connectivity index (χ3v) is 0.443. The Morgan fingerprint density at radius 2 is 2.29 bits per heavy atom. The highest BCUT2D eigenvalue weighted by atomic mass is 19.1. The molecule has 0 aromatic carbocycles. The van der Waals surface area contributed by atoms with E-state index < -0.39 is 12.0 Å². The van der Waals surface area contributed by atoms with Crippen molar-refractivity contribution in [1.29, 1.82) is 10.8 Å². The molecule has 4 N–H and O–H groups in total. The molecule has 0 saturated heterocycles. The lowest BCUT2D eigenvalue weighted by Crippen LogP contribution is -2.24. The Balaban J connectivity index is 3.55. The van der Waals surface area contributed by atoms with Crippen LogP contribution in [0.15, 0.2) is 0 Å².